The second-order valence-corrected chi connectivity index (χ2v) is 5.26. The summed E-state index contributed by atoms with van der Waals surface area (Å²) in [6.07, 6.45) is 6.46. The minimum Gasteiger partial charge on any atom is -0.477 e. The largest absolute Gasteiger partial charge is 0.477 e. The lowest BCUT2D eigenvalue weighted by atomic mass is 9.78. The highest BCUT2D eigenvalue weighted by Gasteiger charge is 2.37. The lowest BCUT2D eigenvalue weighted by Crippen LogP contribution is -2.48. The van der Waals surface area contributed by atoms with Crippen molar-refractivity contribution in [1.82, 2.24) is 5.32 Å². The van der Waals surface area contributed by atoms with Gasteiger partial charge in [0.25, 0.3) is 0 Å². The molecule has 2 N–H and O–H groups in total. The zero-order valence-corrected chi connectivity index (χ0v) is 12.0. The van der Waals surface area contributed by atoms with Gasteiger partial charge in [-0.1, -0.05) is 12.2 Å². The van der Waals surface area contributed by atoms with Crippen molar-refractivity contribution in [2.45, 2.75) is 25.0 Å². The highest BCUT2D eigenvalue weighted by Crippen LogP contribution is 2.32. The van der Waals surface area contributed by atoms with E-state index in [1.54, 1.807) is 13.2 Å². The first-order chi connectivity index (χ1) is 10.2. The van der Waals surface area contributed by atoms with E-state index in [9.17, 15) is 9.90 Å². The summed E-state index contributed by atoms with van der Waals surface area (Å²) in [5.41, 5.74) is 0.160. The topological polar surface area (TPSA) is 91.6 Å². The highest BCUT2D eigenvalue weighted by atomic mass is 16.5. The van der Waals surface area contributed by atoms with Gasteiger partial charge in [-0.25, -0.2) is 4.79 Å². The molecule has 0 radical (unpaired) electrons. The molecule has 0 saturated carbocycles. The molecule has 0 aromatic carbocycles. The molecule has 0 bridgehead atoms. The molecule has 0 fully saturated rings. The molecule has 0 aromatic rings. The number of carbonyl (C=O) groups is 1. The van der Waals surface area contributed by atoms with Crippen LogP contribution >= 0.6 is 0 Å². The Morgan fingerprint density at radius 3 is 3.00 bits per heavy atom. The van der Waals surface area contributed by atoms with Crippen LogP contribution in [-0.2, 0) is 14.3 Å². The highest BCUT2D eigenvalue weighted by molar-refractivity contribution is 5.86. The van der Waals surface area contributed by atoms with Crippen molar-refractivity contribution in [3.63, 3.8) is 0 Å². The van der Waals surface area contributed by atoms with Crippen molar-refractivity contribution in [2.75, 3.05) is 20.3 Å². The van der Waals surface area contributed by atoms with E-state index in [1.165, 1.54) is 0 Å². The molecule has 1 heterocycles. The van der Waals surface area contributed by atoms with Gasteiger partial charge >= 0.3 is 5.97 Å². The third-order valence-electron chi connectivity index (χ3n) is 3.81. The summed E-state index contributed by atoms with van der Waals surface area (Å²) in [5.74, 6) is -1.06. The van der Waals surface area contributed by atoms with Crippen molar-refractivity contribution in [1.29, 1.82) is 5.26 Å². The Kier molecular flexibility index (Phi) is 5.37. The third kappa shape index (κ3) is 3.84. The first-order valence-corrected chi connectivity index (χ1v) is 7.06. The molecular formula is C15H20N2O4. The molecule has 0 amide bonds. The zero-order chi connectivity index (χ0) is 15.2. The Hall–Kier alpha value is -1.84. The lowest BCUT2D eigenvalue weighted by molar-refractivity contribution is -0.133. The van der Waals surface area contributed by atoms with Gasteiger partial charge in [-0.3, -0.25) is 0 Å². The van der Waals surface area contributed by atoms with Gasteiger partial charge in [0.05, 0.1) is 24.1 Å². The standard InChI is InChI=1S/C15H20N2O4/c1-20-5-2-6-21-14-8-13(15(18)19)17-12-4-3-10(9-16)7-11(12)14/h3-4,8,10-12,14,17H,2,5-7H2,1H3,(H,18,19). The van der Waals surface area contributed by atoms with Crippen LogP contribution in [0.3, 0.4) is 0 Å². The fourth-order valence-corrected chi connectivity index (χ4v) is 2.75. The molecule has 2 aliphatic rings. The van der Waals surface area contributed by atoms with Gasteiger partial charge in [0.1, 0.15) is 5.70 Å². The SMILES string of the molecule is COCCCOC1C=C(C(=O)O)NC2C=CC(C#N)CC21. The van der Waals surface area contributed by atoms with Gasteiger partial charge in [-0.2, -0.15) is 5.26 Å². The van der Waals surface area contributed by atoms with E-state index in [-0.39, 0.29) is 29.7 Å². The number of rotatable bonds is 6. The maximum Gasteiger partial charge on any atom is 0.351 e. The van der Waals surface area contributed by atoms with Crippen LogP contribution in [0.1, 0.15) is 12.8 Å². The fourth-order valence-electron chi connectivity index (χ4n) is 2.75. The molecule has 4 atom stereocenters. The van der Waals surface area contributed by atoms with Crippen LogP contribution in [0, 0.1) is 23.2 Å². The Labute approximate surface area is 124 Å². The minimum atomic E-state index is -0.991. The summed E-state index contributed by atoms with van der Waals surface area (Å²) in [6, 6.07) is 2.14. The molecule has 2 rings (SSSR count). The number of hydrogen-bond acceptors (Lipinski definition) is 5. The summed E-state index contributed by atoms with van der Waals surface area (Å²) in [7, 11) is 1.63. The van der Waals surface area contributed by atoms with Crippen LogP contribution < -0.4 is 5.32 Å². The van der Waals surface area contributed by atoms with Gasteiger partial charge in [0.15, 0.2) is 0 Å². The number of fused-ring (bicyclic) bond motifs is 1. The van der Waals surface area contributed by atoms with Gasteiger partial charge in [0.2, 0.25) is 0 Å². The van der Waals surface area contributed by atoms with Crippen LogP contribution in [-0.4, -0.2) is 43.5 Å². The predicted molar refractivity (Wildman–Crippen MR) is 75.2 cm³/mol. The maximum atomic E-state index is 11.2. The summed E-state index contributed by atoms with van der Waals surface area (Å²) < 4.78 is 10.8. The summed E-state index contributed by atoms with van der Waals surface area (Å²) in [4.78, 5) is 11.2. The van der Waals surface area contributed by atoms with Crippen LogP contribution in [0.4, 0.5) is 0 Å². The molecular weight excluding hydrogens is 272 g/mol. The summed E-state index contributed by atoms with van der Waals surface area (Å²) in [6.45, 7) is 1.11. The van der Waals surface area contributed by atoms with Crippen molar-refractivity contribution >= 4 is 5.97 Å². The van der Waals surface area contributed by atoms with Gasteiger partial charge in [-0.15, -0.1) is 0 Å². The number of hydrogen-bond donors (Lipinski definition) is 2. The Morgan fingerprint density at radius 1 is 1.52 bits per heavy atom. The maximum absolute atomic E-state index is 11.2. The van der Waals surface area contributed by atoms with Crippen molar-refractivity contribution < 1.29 is 19.4 Å². The number of carboxylic acids is 1. The summed E-state index contributed by atoms with van der Waals surface area (Å²) in [5, 5.41) is 21.2. The molecule has 1 aliphatic carbocycles. The van der Waals surface area contributed by atoms with E-state index >= 15 is 0 Å². The van der Waals surface area contributed by atoms with Crippen LogP contribution in [0.25, 0.3) is 0 Å². The van der Waals surface area contributed by atoms with E-state index in [4.69, 9.17) is 14.7 Å². The van der Waals surface area contributed by atoms with E-state index in [1.807, 2.05) is 12.2 Å². The van der Waals surface area contributed by atoms with Crippen molar-refractivity contribution in [3.05, 3.63) is 23.9 Å². The number of nitriles is 1. The molecule has 4 unspecified atom stereocenters. The third-order valence-corrected chi connectivity index (χ3v) is 3.81. The smallest absolute Gasteiger partial charge is 0.351 e. The molecule has 6 nitrogen and oxygen atoms in total. The second kappa shape index (κ2) is 7.25. The van der Waals surface area contributed by atoms with E-state index in [0.29, 0.717) is 19.6 Å². The normalized spacial score (nSPS) is 30.8. The van der Waals surface area contributed by atoms with E-state index in [2.05, 4.69) is 11.4 Å². The Bertz CT molecular complexity index is 481. The monoisotopic (exact) mass is 292 g/mol. The number of methoxy groups -OCH3 is 1. The van der Waals surface area contributed by atoms with E-state index in [0.717, 1.165) is 6.42 Å². The molecule has 0 aromatic heterocycles. The van der Waals surface area contributed by atoms with Crippen LogP contribution in [0.15, 0.2) is 23.9 Å². The number of allylic oxidation sites excluding steroid dienone is 1. The molecule has 21 heavy (non-hydrogen) atoms. The predicted octanol–water partition coefficient (Wildman–Crippen LogP) is 1.06. The minimum absolute atomic E-state index is 0.0743. The molecule has 6 heteroatoms. The average Bonchev–Trinajstić information content (AvgIpc) is 2.50. The molecule has 1 aliphatic heterocycles. The molecule has 0 saturated heterocycles. The first kappa shape index (κ1) is 15.5. The quantitative estimate of drug-likeness (QED) is 0.562. The average molecular weight is 292 g/mol. The number of carboxylic acid groups (broad SMARTS) is 1. The van der Waals surface area contributed by atoms with E-state index < -0.39 is 5.97 Å². The zero-order valence-electron chi connectivity index (χ0n) is 12.0. The van der Waals surface area contributed by atoms with Crippen LogP contribution in [0.2, 0.25) is 0 Å². The molecule has 114 valence electrons. The Morgan fingerprint density at radius 2 is 2.33 bits per heavy atom. The van der Waals surface area contributed by atoms with Gasteiger partial charge < -0.3 is 19.9 Å². The number of nitrogens with one attached hydrogen (secondary N) is 1. The van der Waals surface area contributed by atoms with Gasteiger partial charge in [0, 0.05) is 26.2 Å². The fraction of sp³-hybridized carbons (Fsp3) is 0.600. The summed E-state index contributed by atoms with van der Waals surface area (Å²) >= 11 is 0. The second-order valence-electron chi connectivity index (χ2n) is 5.26. The van der Waals surface area contributed by atoms with Crippen LogP contribution in [0.5, 0.6) is 0 Å². The lowest BCUT2D eigenvalue weighted by Gasteiger charge is -2.39. The molecule has 0 spiro atoms. The number of ether oxygens (including phenoxy) is 2. The van der Waals surface area contributed by atoms with Gasteiger partial charge in [-0.05, 0) is 18.9 Å². The number of aliphatic carboxylic acids is 1. The number of nitrogens with zero attached hydrogens (tertiary/aromatic N) is 1. The Balaban J connectivity index is 2.08. The first-order valence-electron chi connectivity index (χ1n) is 7.06. The van der Waals surface area contributed by atoms with Crippen molar-refractivity contribution in [3.8, 4) is 6.07 Å². The van der Waals surface area contributed by atoms with Crippen molar-refractivity contribution in [2.24, 2.45) is 11.8 Å².